The minimum absolute atomic E-state index is 0.0204. The Labute approximate surface area is 189 Å². The number of carbonyl (C=O) groups excluding carboxylic acids is 1. The maximum Gasteiger partial charge on any atom is 0.226 e. The van der Waals surface area contributed by atoms with Crippen LogP contribution in [0.5, 0.6) is 0 Å². The van der Waals surface area contributed by atoms with Crippen LogP contribution in [0.1, 0.15) is 62.6 Å². The van der Waals surface area contributed by atoms with Crippen LogP contribution in [0.3, 0.4) is 0 Å². The van der Waals surface area contributed by atoms with E-state index in [1.165, 1.54) is 31.2 Å². The molecule has 164 valence electrons. The van der Waals surface area contributed by atoms with Crippen LogP contribution in [0.15, 0.2) is 67.3 Å². The fourth-order valence-electron chi connectivity index (χ4n) is 7.35. The number of rotatable bonds is 5. The molecule has 5 nitrogen and oxygen atoms in total. The van der Waals surface area contributed by atoms with Crippen molar-refractivity contribution in [3.05, 3.63) is 78.4 Å². The molecule has 0 radical (unpaired) electrons. The van der Waals surface area contributed by atoms with E-state index in [0.717, 1.165) is 30.5 Å². The van der Waals surface area contributed by atoms with Gasteiger partial charge >= 0.3 is 0 Å². The van der Waals surface area contributed by atoms with Crippen molar-refractivity contribution in [2.45, 2.75) is 56.9 Å². The van der Waals surface area contributed by atoms with Crippen molar-refractivity contribution in [1.29, 1.82) is 0 Å². The number of carbonyl (C=O) groups is 1. The van der Waals surface area contributed by atoms with Gasteiger partial charge in [-0.25, -0.2) is 9.67 Å². The zero-order valence-electron chi connectivity index (χ0n) is 18.6. The zero-order valence-corrected chi connectivity index (χ0v) is 18.6. The van der Waals surface area contributed by atoms with Crippen molar-refractivity contribution in [2.75, 3.05) is 0 Å². The molecule has 4 bridgehead atoms. The number of nitrogens with one attached hydrogen (secondary N) is 1. The van der Waals surface area contributed by atoms with Crippen molar-refractivity contribution < 1.29 is 4.79 Å². The second-order valence-corrected chi connectivity index (χ2v) is 10.5. The fraction of sp³-hybridized carbons (Fsp3) is 0.444. The fourth-order valence-corrected chi connectivity index (χ4v) is 7.35. The summed E-state index contributed by atoms with van der Waals surface area (Å²) in [5, 5.41) is 7.59. The first-order valence-electron chi connectivity index (χ1n) is 11.9. The molecule has 2 aromatic carbocycles. The summed E-state index contributed by atoms with van der Waals surface area (Å²) in [5.41, 5.74) is 3.50. The van der Waals surface area contributed by atoms with Crippen LogP contribution in [-0.4, -0.2) is 20.7 Å². The van der Waals surface area contributed by atoms with E-state index in [1.54, 1.807) is 11.0 Å². The summed E-state index contributed by atoms with van der Waals surface area (Å²) < 4.78 is 1.74. The Morgan fingerprint density at radius 1 is 1.03 bits per heavy atom. The highest BCUT2D eigenvalue weighted by molar-refractivity contribution is 5.84. The molecule has 7 rings (SSSR count). The Kier molecular flexibility index (Phi) is 4.49. The summed E-state index contributed by atoms with van der Waals surface area (Å²) in [4.78, 5) is 17.8. The first-order chi connectivity index (χ1) is 15.6. The first kappa shape index (κ1) is 19.7. The van der Waals surface area contributed by atoms with Gasteiger partial charge in [0.15, 0.2) is 0 Å². The number of nitrogens with zero attached hydrogens (tertiary/aromatic N) is 3. The average Bonchev–Trinajstić information content (AvgIpc) is 3.34. The molecule has 1 amide bonds. The highest BCUT2D eigenvalue weighted by Crippen LogP contribution is 2.65. The highest BCUT2D eigenvalue weighted by atomic mass is 16.2. The number of hydrogen-bond acceptors (Lipinski definition) is 3. The molecule has 3 aromatic rings. The van der Waals surface area contributed by atoms with E-state index in [4.69, 9.17) is 0 Å². The third-order valence-electron chi connectivity index (χ3n) is 8.35. The van der Waals surface area contributed by atoms with E-state index in [0.29, 0.717) is 11.8 Å². The van der Waals surface area contributed by atoms with Crippen molar-refractivity contribution >= 4 is 5.91 Å². The van der Waals surface area contributed by atoms with Gasteiger partial charge in [0, 0.05) is 0 Å². The Balaban J connectivity index is 1.22. The molecule has 5 heteroatoms. The molecule has 0 spiro atoms. The van der Waals surface area contributed by atoms with Gasteiger partial charge in [0.1, 0.15) is 12.7 Å². The van der Waals surface area contributed by atoms with Gasteiger partial charge in [-0.1, -0.05) is 42.5 Å². The van der Waals surface area contributed by atoms with Crippen LogP contribution < -0.4 is 5.32 Å². The molecule has 4 aliphatic carbocycles. The topological polar surface area (TPSA) is 59.8 Å². The summed E-state index contributed by atoms with van der Waals surface area (Å²) in [6, 6.07) is 19.2. The average molecular weight is 427 g/mol. The maximum atomic E-state index is 13.8. The van der Waals surface area contributed by atoms with Crippen molar-refractivity contribution in [3.63, 3.8) is 0 Å². The van der Waals surface area contributed by atoms with Crippen molar-refractivity contribution in [3.8, 4) is 5.69 Å². The molecule has 3 atom stereocenters. The van der Waals surface area contributed by atoms with Crippen LogP contribution in [0.4, 0.5) is 0 Å². The predicted octanol–water partition coefficient (Wildman–Crippen LogP) is 4.98. The molecule has 1 N–H and O–H groups in total. The molecular weight excluding hydrogens is 396 g/mol. The van der Waals surface area contributed by atoms with E-state index in [1.807, 2.05) is 12.1 Å². The van der Waals surface area contributed by atoms with E-state index in [2.05, 4.69) is 64.8 Å². The SMILES string of the molecule is CC(NC(=O)C12CC3CC(C1)CC(c1ccccc1)(C3)C2)c1ccc(-n2cncn2)cc1. The Hall–Kier alpha value is -2.95. The largest absolute Gasteiger partial charge is 0.349 e. The molecule has 0 saturated heterocycles. The molecule has 1 aromatic heterocycles. The van der Waals surface area contributed by atoms with E-state index < -0.39 is 0 Å². The molecule has 0 aliphatic heterocycles. The molecule has 4 aliphatic rings. The summed E-state index contributed by atoms with van der Waals surface area (Å²) in [6.45, 7) is 2.09. The molecule has 3 unspecified atom stereocenters. The molecule has 1 heterocycles. The van der Waals surface area contributed by atoms with E-state index in [-0.39, 0.29) is 22.8 Å². The summed E-state index contributed by atoms with van der Waals surface area (Å²) in [5.74, 6) is 1.62. The molecule has 32 heavy (non-hydrogen) atoms. The Bertz CT molecular complexity index is 1090. The lowest BCUT2D eigenvalue weighted by atomic mass is 9.42. The van der Waals surface area contributed by atoms with E-state index in [9.17, 15) is 4.79 Å². The third kappa shape index (κ3) is 3.17. The number of aromatic nitrogens is 3. The Morgan fingerprint density at radius 2 is 1.75 bits per heavy atom. The van der Waals surface area contributed by atoms with Gasteiger partial charge < -0.3 is 5.32 Å². The van der Waals surface area contributed by atoms with E-state index >= 15 is 0 Å². The lowest BCUT2D eigenvalue weighted by Crippen LogP contribution is -2.59. The van der Waals surface area contributed by atoms with Gasteiger partial charge in [-0.2, -0.15) is 5.10 Å². The Morgan fingerprint density at radius 3 is 2.41 bits per heavy atom. The van der Waals surface area contributed by atoms with Gasteiger partial charge in [-0.15, -0.1) is 0 Å². The maximum absolute atomic E-state index is 13.8. The van der Waals surface area contributed by atoms with Crippen molar-refractivity contribution in [1.82, 2.24) is 20.1 Å². The van der Waals surface area contributed by atoms with Gasteiger partial charge in [-0.05, 0) is 86.0 Å². The van der Waals surface area contributed by atoms with Crippen LogP contribution in [0.25, 0.3) is 5.69 Å². The van der Waals surface area contributed by atoms with Gasteiger partial charge in [-0.3, -0.25) is 4.79 Å². The van der Waals surface area contributed by atoms with Crippen LogP contribution >= 0.6 is 0 Å². The number of amides is 1. The predicted molar refractivity (Wildman–Crippen MR) is 123 cm³/mol. The summed E-state index contributed by atoms with van der Waals surface area (Å²) >= 11 is 0. The monoisotopic (exact) mass is 426 g/mol. The smallest absolute Gasteiger partial charge is 0.226 e. The molecular formula is C27H30N4O. The molecule has 4 saturated carbocycles. The summed E-state index contributed by atoms with van der Waals surface area (Å²) in [7, 11) is 0. The normalized spacial score (nSPS) is 31.4. The lowest BCUT2D eigenvalue weighted by molar-refractivity contribution is -0.149. The van der Waals surface area contributed by atoms with Gasteiger partial charge in [0.25, 0.3) is 0 Å². The van der Waals surface area contributed by atoms with Crippen LogP contribution in [0, 0.1) is 17.3 Å². The standard InChI is InChI=1S/C27H30N4O/c1-19(22-7-9-24(10-8-22)31-18-28-17-29-31)30-25(32)27-14-20-11-21(15-27)13-26(12-20,16-27)23-5-3-2-4-6-23/h2-10,17-21H,11-16H2,1H3,(H,30,32). The number of benzene rings is 2. The summed E-state index contributed by atoms with van der Waals surface area (Å²) in [6.07, 6.45) is 10.2. The first-order valence-corrected chi connectivity index (χ1v) is 11.9. The van der Waals surface area contributed by atoms with Crippen LogP contribution in [0.2, 0.25) is 0 Å². The quantitative estimate of drug-likeness (QED) is 0.626. The number of hydrogen-bond donors (Lipinski definition) is 1. The van der Waals surface area contributed by atoms with Crippen molar-refractivity contribution in [2.24, 2.45) is 17.3 Å². The second kappa shape index (κ2) is 7.29. The van der Waals surface area contributed by atoms with Gasteiger partial charge in [0.05, 0.1) is 17.1 Å². The van der Waals surface area contributed by atoms with Gasteiger partial charge in [0.2, 0.25) is 5.91 Å². The minimum Gasteiger partial charge on any atom is -0.349 e. The van der Waals surface area contributed by atoms with Crippen LogP contribution in [-0.2, 0) is 10.2 Å². The second-order valence-electron chi connectivity index (χ2n) is 10.5. The third-order valence-corrected chi connectivity index (χ3v) is 8.35. The minimum atomic E-state index is -0.213. The highest BCUT2D eigenvalue weighted by Gasteiger charge is 2.60. The lowest BCUT2D eigenvalue weighted by Gasteiger charge is -2.61. The molecule has 4 fully saturated rings. The zero-order chi connectivity index (χ0) is 21.8.